The number of rotatable bonds is 8. The highest BCUT2D eigenvalue weighted by Crippen LogP contribution is 2.33. The maximum absolute atomic E-state index is 6.89. The maximum Gasteiger partial charge on any atom is 0.174 e. The van der Waals surface area contributed by atoms with Gasteiger partial charge in [0.05, 0.1) is 0 Å². The Bertz CT molecular complexity index is 580. The highest BCUT2D eigenvalue weighted by atomic mass is 28.4. The van der Waals surface area contributed by atoms with E-state index >= 15 is 0 Å². The number of hydrogen-bond acceptors (Lipinski definition) is 1. The predicted octanol–water partition coefficient (Wildman–Crippen LogP) is 7.02. The number of hydrogen-bond donors (Lipinski definition) is 0. The molecule has 0 N–H and O–H groups in total. The first-order valence-corrected chi connectivity index (χ1v) is 15.7. The van der Waals surface area contributed by atoms with Crippen LogP contribution in [0, 0.1) is 0 Å². The molecule has 2 atom stereocenters. The first-order chi connectivity index (χ1) is 11.7. The lowest BCUT2D eigenvalue weighted by molar-refractivity contribution is 0.522. The van der Waals surface area contributed by atoms with E-state index < -0.39 is 16.6 Å². The fourth-order valence-corrected chi connectivity index (χ4v) is 14.2. The van der Waals surface area contributed by atoms with Crippen molar-refractivity contribution in [3.8, 4) is 0 Å². The Morgan fingerprint density at radius 1 is 0.640 bits per heavy atom. The van der Waals surface area contributed by atoms with Crippen molar-refractivity contribution in [1.82, 2.24) is 0 Å². The van der Waals surface area contributed by atoms with Gasteiger partial charge in [-0.05, 0) is 61.2 Å². The van der Waals surface area contributed by atoms with Crippen LogP contribution in [0.2, 0.25) is 38.3 Å². The van der Waals surface area contributed by atoms with Crippen molar-refractivity contribution in [3.05, 3.63) is 71.8 Å². The van der Waals surface area contributed by atoms with Crippen LogP contribution in [0.4, 0.5) is 0 Å². The SMILES string of the molecule is CC(C[Si](C)(C)O[Si](C)(C)CC(C)c1ccccc1)c1ccccc1. The third kappa shape index (κ3) is 6.57. The maximum atomic E-state index is 6.89. The lowest BCUT2D eigenvalue weighted by atomic mass is 10.0. The molecule has 0 saturated heterocycles. The zero-order chi connectivity index (χ0) is 18.5. The molecule has 2 unspecified atom stereocenters. The summed E-state index contributed by atoms with van der Waals surface area (Å²) in [5.74, 6) is 1.14. The van der Waals surface area contributed by atoms with Gasteiger partial charge in [0.1, 0.15) is 0 Å². The summed E-state index contributed by atoms with van der Waals surface area (Å²) in [6.07, 6.45) is 0. The van der Waals surface area contributed by atoms with Gasteiger partial charge in [-0.3, -0.25) is 0 Å². The molecule has 0 heterocycles. The van der Waals surface area contributed by atoms with Crippen molar-refractivity contribution in [3.63, 3.8) is 0 Å². The second-order valence-corrected chi connectivity index (χ2v) is 17.3. The van der Waals surface area contributed by atoms with Crippen LogP contribution in [-0.2, 0) is 4.12 Å². The molecule has 1 nitrogen and oxygen atoms in total. The Hall–Kier alpha value is -1.17. The van der Waals surface area contributed by atoms with E-state index in [4.69, 9.17) is 4.12 Å². The average Bonchev–Trinajstić information content (AvgIpc) is 2.54. The summed E-state index contributed by atoms with van der Waals surface area (Å²) in [4.78, 5) is 0. The molecule has 0 fully saturated rings. The normalized spacial score (nSPS) is 15.0. The summed E-state index contributed by atoms with van der Waals surface area (Å²) in [7, 11) is -3.38. The molecule has 0 saturated carbocycles. The predicted molar refractivity (Wildman–Crippen MR) is 115 cm³/mol. The molecule has 0 aliphatic rings. The fourth-order valence-electron chi connectivity index (χ4n) is 4.10. The molecule has 0 radical (unpaired) electrons. The van der Waals surface area contributed by atoms with E-state index in [2.05, 4.69) is 101 Å². The van der Waals surface area contributed by atoms with E-state index in [1.165, 1.54) is 23.2 Å². The van der Waals surface area contributed by atoms with Crippen molar-refractivity contribution in [2.45, 2.75) is 64.0 Å². The monoisotopic (exact) mass is 370 g/mol. The summed E-state index contributed by atoms with van der Waals surface area (Å²) in [6.45, 7) is 14.3. The topological polar surface area (TPSA) is 9.23 Å². The standard InChI is InChI=1S/C22H34OSi2/c1-19(21-13-9-7-10-14-21)17-24(3,4)23-25(5,6)18-20(2)22-15-11-8-12-16-22/h7-16,19-20H,17-18H2,1-6H3. The van der Waals surface area contributed by atoms with Gasteiger partial charge in [-0.15, -0.1) is 0 Å². The molecular weight excluding hydrogens is 336 g/mol. The lowest BCUT2D eigenvalue weighted by Crippen LogP contribution is -2.45. The van der Waals surface area contributed by atoms with Gasteiger partial charge in [0.25, 0.3) is 0 Å². The molecule has 2 aromatic carbocycles. The highest BCUT2D eigenvalue weighted by molar-refractivity contribution is 6.85. The van der Waals surface area contributed by atoms with Crippen LogP contribution < -0.4 is 0 Å². The minimum absolute atomic E-state index is 0.569. The second-order valence-electron chi connectivity index (χ2n) is 8.65. The van der Waals surface area contributed by atoms with Crippen molar-refractivity contribution in [2.24, 2.45) is 0 Å². The van der Waals surface area contributed by atoms with E-state index in [-0.39, 0.29) is 0 Å². The third-order valence-corrected chi connectivity index (χ3v) is 12.5. The Labute approximate surface area is 156 Å². The molecule has 0 bridgehead atoms. The minimum Gasteiger partial charge on any atom is -0.455 e. The van der Waals surface area contributed by atoms with Crippen molar-refractivity contribution >= 4 is 16.6 Å². The van der Waals surface area contributed by atoms with Gasteiger partial charge in [-0.1, -0.05) is 74.5 Å². The molecule has 2 aromatic rings. The zero-order valence-electron chi connectivity index (χ0n) is 16.8. The van der Waals surface area contributed by atoms with Crippen LogP contribution in [0.1, 0.15) is 36.8 Å². The molecule has 0 aliphatic heterocycles. The van der Waals surface area contributed by atoms with Gasteiger partial charge < -0.3 is 4.12 Å². The van der Waals surface area contributed by atoms with Crippen molar-refractivity contribution < 1.29 is 4.12 Å². The average molecular weight is 371 g/mol. The third-order valence-electron chi connectivity index (χ3n) is 4.89. The molecule has 0 aliphatic carbocycles. The van der Waals surface area contributed by atoms with Gasteiger partial charge >= 0.3 is 0 Å². The van der Waals surface area contributed by atoms with Crippen molar-refractivity contribution in [1.29, 1.82) is 0 Å². The van der Waals surface area contributed by atoms with Crippen LogP contribution in [0.25, 0.3) is 0 Å². The molecule has 25 heavy (non-hydrogen) atoms. The summed E-state index contributed by atoms with van der Waals surface area (Å²) < 4.78 is 6.89. The van der Waals surface area contributed by atoms with Crippen molar-refractivity contribution in [2.75, 3.05) is 0 Å². The van der Waals surface area contributed by atoms with Crippen LogP contribution in [0.5, 0.6) is 0 Å². The van der Waals surface area contributed by atoms with E-state index in [1.54, 1.807) is 0 Å². The first-order valence-electron chi connectivity index (χ1n) is 9.49. The highest BCUT2D eigenvalue weighted by Gasteiger charge is 2.35. The summed E-state index contributed by atoms with van der Waals surface area (Å²) in [5.41, 5.74) is 2.87. The summed E-state index contributed by atoms with van der Waals surface area (Å²) in [6, 6.07) is 24.1. The van der Waals surface area contributed by atoms with Gasteiger partial charge in [-0.2, -0.15) is 0 Å². The second kappa shape index (κ2) is 8.48. The molecule has 0 amide bonds. The molecule has 0 spiro atoms. The lowest BCUT2D eigenvalue weighted by Gasteiger charge is -2.37. The van der Waals surface area contributed by atoms with E-state index in [1.807, 2.05) is 0 Å². The van der Waals surface area contributed by atoms with E-state index in [0.717, 1.165) is 0 Å². The van der Waals surface area contributed by atoms with Crippen LogP contribution in [-0.4, -0.2) is 16.6 Å². The van der Waals surface area contributed by atoms with Crippen LogP contribution in [0.15, 0.2) is 60.7 Å². The van der Waals surface area contributed by atoms with Gasteiger partial charge in [-0.25, -0.2) is 0 Å². The van der Waals surface area contributed by atoms with Crippen LogP contribution in [0.3, 0.4) is 0 Å². The quantitative estimate of drug-likeness (QED) is 0.454. The van der Waals surface area contributed by atoms with Gasteiger partial charge in [0, 0.05) is 0 Å². The Morgan fingerprint density at radius 3 is 1.28 bits per heavy atom. The van der Waals surface area contributed by atoms with Gasteiger partial charge in [0.15, 0.2) is 16.6 Å². The van der Waals surface area contributed by atoms with Gasteiger partial charge in [0.2, 0.25) is 0 Å². The first kappa shape index (κ1) is 20.1. The number of benzene rings is 2. The molecule has 0 aromatic heterocycles. The van der Waals surface area contributed by atoms with Crippen LogP contribution >= 0.6 is 0 Å². The zero-order valence-corrected chi connectivity index (χ0v) is 18.8. The molecule has 2 rings (SSSR count). The van der Waals surface area contributed by atoms with E-state index in [9.17, 15) is 0 Å². The Kier molecular flexibility index (Phi) is 6.83. The van der Waals surface area contributed by atoms with E-state index in [0.29, 0.717) is 11.8 Å². The smallest absolute Gasteiger partial charge is 0.174 e. The summed E-state index contributed by atoms with van der Waals surface area (Å²) in [5, 5.41) is 0. The largest absolute Gasteiger partial charge is 0.455 e. The molecule has 136 valence electrons. The Balaban J connectivity index is 1.97. The molecule has 3 heteroatoms. The molecular formula is C22H34OSi2. The summed E-state index contributed by atoms with van der Waals surface area (Å²) >= 11 is 0. The Morgan fingerprint density at radius 2 is 0.960 bits per heavy atom. The fraction of sp³-hybridized carbons (Fsp3) is 0.455. The minimum atomic E-state index is -1.69.